The molecule has 0 N–H and O–H groups in total. The number of rotatable bonds is 4. The van der Waals surface area contributed by atoms with E-state index in [1.807, 2.05) is 0 Å². The van der Waals surface area contributed by atoms with Gasteiger partial charge in [-0.05, 0) is 33.1 Å². The summed E-state index contributed by atoms with van der Waals surface area (Å²) in [5.41, 5.74) is 0. The van der Waals surface area contributed by atoms with E-state index in [1.165, 1.54) is 0 Å². The van der Waals surface area contributed by atoms with Gasteiger partial charge in [0.1, 0.15) is 0 Å². The predicted molar refractivity (Wildman–Crippen MR) is 104 cm³/mol. The van der Waals surface area contributed by atoms with Gasteiger partial charge in [0, 0.05) is 4.40 Å². The summed E-state index contributed by atoms with van der Waals surface area (Å²) in [5, 5.41) is 0. The Labute approximate surface area is 135 Å². The first kappa shape index (κ1) is 19.1. The number of allylic oxidation sites excluding steroid dienone is 1. The second-order valence-electron chi connectivity index (χ2n) is 8.89. The largest absolute Gasteiger partial charge is 0.411 e. The summed E-state index contributed by atoms with van der Waals surface area (Å²) < 4.78 is 6.94. The lowest BCUT2D eigenvalue weighted by molar-refractivity contribution is 0.239. The Hall–Kier alpha value is 1.07. The number of hydrogen-bond donors (Lipinski definition) is 0. The van der Waals surface area contributed by atoms with Crippen LogP contribution in [0.5, 0.6) is 0 Å². The van der Waals surface area contributed by atoms with E-state index in [0.717, 1.165) is 6.16 Å². The molecule has 1 rings (SSSR count). The Morgan fingerprint density at radius 2 is 1.45 bits per heavy atom. The fraction of sp³-hybridized carbons (Fsp3) is 0.857. The Bertz CT molecular complexity index is 365. The zero-order valence-electron chi connectivity index (χ0n) is 14.7. The average Bonchev–Trinajstić information content (AvgIpc) is 2.09. The van der Waals surface area contributed by atoms with Gasteiger partial charge in [0.25, 0.3) is 0 Å². The van der Waals surface area contributed by atoms with Gasteiger partial charge in [-0.25, -0.2) is 0 Å². The quantitative estimate of drug-likeness (QED) is 0.341. The molecule has 0 aromatic heterocycles. The van der Waals surface area contributed by atoms with E-state index >= 15 is 0 Å². The molecule has 1 nitrogen and oxygen atoms in total. The van der Waals surface area contributed by atoms with Gasteiger partial charge in [-0.3, -0.25) is 0 Å². The van der Waals surface area contributed by atoms with Crippen molar-refractivity contribution in [2.45, 2.75) is 69.4 Å². The number of hydrogen-bond acceptors (Lipinski definition) is 1. The van der Waals surface area contributed by atoms with Crippen molar-refractivity contribution in [2.75, 3.05) is 6.16 Å². The summed E-state index contributed by atoms with van der Waals surface area (Å²) in [7, 11) is -5.00. The van der Waals surface area contributed by atoms with E-state index < -0.39 is 31.7 Å². The second-order valence-corrected chi connectivity index (χ2v) is 28.3. The fourth-order valence-corrected chi connectivity index (χ4v) is 28.8. The normalized spacial score (nSPS) is 27.7. The maximum atomic E-state index is 7.05. The van der Waals surface area contributed by atoms with Crippen LogP contribution in [0, 0.1) is 0 Å². The van der Waals surface area contributed by atoms with Gasteiger partial charge in [0.05, 0.1) is 22.3 Å². The third-order valence-corrected chi connectivity index (χ3v) is 24.0. The van der Waals surface area contributed by atoms with Gasteiger partial charge < -0.3 is 4.43 Å². The molecule has 0 saturated heterocycles. The molecule has 1 aliphatic heterocycles. The Kier molecular flexibility index (Phi) is 5.67. The van der Waals surface area contributed by atoms with E-state index in [1.54, 1.807) is 0 Å². The molecule has 1 heterocycles. The highest BCUT2D eigenvalue weighted by molar-refractivity contribution is 7.89. The van der Waals surface area contributed by atoms with Crippen LogP contribution in [-0.4, -0.2) is 41.1 Å². The Balaban J connectivity index is 3.45. The topological polar surface area (TPSA) is 9.23 Å². The first-order chi connectivity index (χ1) is 8.73. The van der Waals surface area contributed by atoms with E-state index in [9.17, 15) is 0 Å². The van der Waals surface area contributed by atoms with Gasteiger partial charge in [-0.15, -0.1) is 0 Å². The van der Waals surface area contributed by atoms with E-state index in [-0.39, 0.29) is 10.5 Å². The van der Waals surface area contributed by atoms with Crippen molar-refractivity contribution in [1.29, 1.82) is 0 Å². The first-order valence-electron chi connectivity index (χ1n) is 7.51. The lowest BCUT2D eigenvalue weighted by Gasteiger charge is -2.59. The molecule has 0 aliphatic carbocycles. The molecule has 1 aliphatic rings. The molecule has 2 atom stereocenters. The van der Waals surface area contributed by atoms with Crippen molar-refractivity contribution in [3.8, 4) is 0 Å². The van der Waals surface area contributed by atoms with Gasteiger partial charge in [-0.2, -0.15) is 0 Å². The standard InChI is InChI=1S/C14H32ClOPSi3/c1-18(2,3)14(19(4,5)6)13(16-20(7,8)9)11-10-12-17(14)15/h10-11,13H,12H2,1-9H3. The molecule has 0 aromatic rings. The third kappa shape index (κ3) is 3.52. The van der Waals surface area contributed by atoms with Crippen LogP contribution in [0.2, 0.25) is 58.9 Å². The van der Waals surface area contributed by atoms with Gasteiger partial charge in [-0.1, -0.05) is 62.7 Å². The van der Waals surface area contributed by atoms with E-state index in [4.69, 9.17) is 15.7 Å². The van der Waals surface area contributed by atoms with Crippen LogP contribution in [-0.2, 0) is 4.43 Å². The Morgan fingerprint density at radius 3 is 1.80 bits per heavy atom. The minimum Gasteiger partial charge on any atom is -0.411 e. The molecule has 6 heteroatoms. The van der Waals surface area contributed by atoms with Gasteiger partial charge >= 0.3 is 0 Å². The molecule has 2 unspecified atom stereocenters. The highest BCUT2D eigenvalue weighted by Gasteiger charge is 2.62. The Morgan fingerprint density at radius 1 is 1.00 bits per heavy atom. The summed E-state index contributed by atoms with van der Waals surface area (Å²) in [5.74, 6) is 0. The summed E-state index contributed by atoms with van der Waals surface area (Å²) in [6.45, 7) is 21.9. The summed E-state index contributed by atoms with van der Waals surface area (Å²) in [4.78, 5) is 0. The molecule has 20 heavy (non-hydrogen) atoms. The smallest absolute Gasteiger partial charge is 0.184 e. The van der Waals surface area contributed by atoms with Crippen LogP contribution in [0.4, 0.5) is 0 Å². The summed E-state index contributed by atoms with van der Waals surface area (Å²) >= 11 is 7.05. The molecule has 0 aromatic carbocycles. The first-order valence-corrected chi connectivity index (χ1v) is 20.4. The van der Waals surface area contributed by atoms with Crippen LogP contribution >= 0.6 is 18.5 Å². The van der Waals surface area contributed by atoms with E-state index in [0.29, 0.717) is 0 Å². The van der Waals surface area contributed by atoms with Crippen molar-refractivity contribution >= 4 is 43.0 Å². The van der Waals surface area contributed by atoms with Crippen LogP contribution in [0.3, 0.4) is 0 Å². The minimum absolute atomic E-state index is 0.255. The molecule has 0 bridgehead atoms. The molecular weight excluding hydrogens is 335 g/mol. The van der Waals surface area contributed by atoms with Crippen LogP contribution in [0.1, 0.15) is 0 Å². The zero-order valence-corrected chi connectivity index (χ0v) is 19.3. The molecule has 0 radical (unpaired) electrons. The lowest BCUT2D eigenvalue weighted by Crippen LogP contribution is -2.72. The molecule has 0 saturated carbocycles. The predicted octanol–water partition coefficient (Wildman–Crippen LogP) is 5.91. The number of halogens is 1. The highest BCUT2D eigenvalue weighted by Crippen LogP contribution is 2.66. The maximum absolute atomic E-state index is 7.05. The van der Waals surface area contributed by atoms with Crippen LogP contribution in [0.15, 0.2) is 12.2 Å². The fourth-order valence-electron chi connectivity index (χ4n) is 3.91. The van der Waals surface area contributed by atoms with Crippen molar-refractivity contribution in [1.82, 2.24) is 0 Å². The van der Waals surface area contributed by atoms with Crippen LogP contribution < -0.4 is 0 Å². The summed E-state index contributed by atoms with van der Waals surface area (Å²) in [6.07, 6.45) is 5.96. The average molecular weight is 367 g/mol. The van der Waals surface area contributed by atoms with Crippen molar-refractivity contribution in [2.24, 2.45) is 0 Å². The van der Waals surface area contributed by atoms with Crippen molar-refractivity contribution < 1.29 is 4.43 Å². The van der Waals surface area contributed by atoms with E-state index in [2.05, 4.69) is 71.1 Å². The zero-order chi connectivity index (χ0) is 16.0. The molecule has 0 fully saturated rings. The molecule has 118 valence electrons. The second kappa shape index (κ2) is 5.93. The minimum atomic E-state index is -1.58. The third-order valence-electron chi connectivity index (χ3n) is 4.14. The van der Waals surface area contributed by atoms with Gasteiger partial charge in [0.2, 0.25) is 0 Å². The lowest BCUT2D eigenvalue weighted by atomic mass is 10.3. The van der Waals surface area contributed by atoms with Crippen LogP contribution in [0.25, 0.3) is 0 Å². The maximum Gasteiger partial charge on any atom is 0.184 e. The highest BCUT2D eigenvalue weighted by atomic mass is 35.7. The molecule has 0 amide bonds. The summed E-state index contributed by atoms with van der Waals surface area (Å²) in [6, 6.07) is 0. The molecule has 0 spiro atoms. The van der Waals surface area contributed by atoms with Crippen molar-refractivity contribution in [3.63, 3.8) is 0 Å². The SMILES string of the molecule is C[Si](C)(C)OC1C=CCP(Cl)C1([Si](C)(C)C)[Si](C)(C)C. The molecular formula is C14H32ClOPSi3. The monoisotopic (exact) mass is 366 g/mol. The van der Waals surface area contributed by atoms with Gasteiger partial charge in [0.15, 0.2) is 8.32 Å². The van der Waals surface area contributed by atoms with Crippen molar-refractivity contribution in [3.05, 3.63) is 12.2 Å².